The number of amides is 2. The van der Waals surface area contributed by atoms with Gasteiger partial charge in [0.15, 0.2) is 9.84 Å². The number of aryl methyl sites for hydroxylation is 1. The van der Waals surface area contributed by atoms with Gasteiger partial charge in [0.25, 0.3) is 5.89 Å². The summed E-state index contributed by atoms with van der Waals surface area (Å²) >= 11 is 0. The molecular formula is C23H21F3N6O4S. The summed E-state index contributed by atoms with van der Waals surface area (Å²) in [4.78, 5) is 16.5. The van der Waals surface area contributed by atoms with E-state index in [1.165, 1.54) is 21.9 Å². The number of alkyl halides is 2. The molecule has 1 saturated heterocycles. The zero-order valence-electron chi connectivity index (χ0n) is 19.5. The number of anilines is 1. The highest BCUT2D eigenvalue weighted by atomic mass is 32.2. The second-order valence-electron chi connectivity index (χ2n) is 8.54. The molecule has 0 aliphatic carbocycles. The van der Waals surface area contributed by atoms with Crippen LogP contribution in [-0.2, 0) is 23.4 Å². The molecule has 3 heterocycles. The van der Waals surface area contributed by atoms with Crippen LogP contribution in [0.4, 0.5) is 23.7 Å². The van der Waals surface area contributed by atoms with Crippen LogP contribution in [0, 0.1) is 5.82 Å². The molecule has 0 radical (unpaired) electrons. The van der Waals surface area contributed by atoms with Crippen LogP contribution < -0.4 is 4.90 Å². The van der Waals surface area contributed by atoms with E-state index in [1.807, 2.05) is 6.07 Å². The van der Waals surface area contributed by atoms with E-state index in [-0.39, 0.29) is 48.2 Å². The van der Waals surface area contributed by atoms with Gasteiger partial charge >= 0.3 is 12.5 Å². The number of rotatable bonds is 5. The number of hydrogen-bond donors (Lipinski definition) is 0. The first-order chi connectivity index (χ1) is 17.6. The number of fused-ring (bicyclic) bond motifs is 1. The first-order valence-corrected chi connectivity index (χ1v) is 13.0. The van der Waals surface area contributed by atoms with E-state index in [9.17, 15) is 22.0 Å². The van der Waals surface area contributed by atoms with Gasteiger partial charge < -0.3 is 9.32 Å². The Morgan fingerprint density at radius 1 is 1.16 bits per heavy atom. The molecule has 4 aromatic rings. The number of urea groups is 1. The highest BCUT2D eigenvalue weighted by molar-refractivity contribution is 7.91. The molecule has 1 aliphatic heterocycles. The molecular weight excluding hydrogens is 513 g/mol. The SMILES string of the molecule is Cn1ncc2cccc(N(Cc3ccc(-c4nnc(C(F)F)o4)cc3F)C(=O)N3CCS(=O)(=O)CC3)c21. The van der Waals surface area contributed by atoms with Crippen molar-refractivity contribution >= 4 is 32.5 Å². The molecule has 0 unspecified atom stereocenters. The van der Waals surface area contributed by atoms with E-state index in [1.54, 1.807) is 30.1 Å². The Morgan fingerprint density at radius 3 is 2.59 bits per heavy atom. The minimum atomic E-state index is -3.23. The van der Waals surface area contributed by atoms with E-state index in [2.05, 4.69) is 15.3 Å². The third kappa shape index (κ3) is 4.88. The molecule has 0 spiro atoms. The number of carbonyl (C=O) groups is 1. The summed E-state index contributed by atoms with van der Waals surface area (Å²) in [6, 6.07) is 8.71. The van der Waals surface area contributed by atoms with Gasteiger partial charge in [-0.3, -0.25) is 9.58 Å². The van der Waals surface area contributed by atoms with Gasteiger partial charge in [-0.25, -0.2) is 17.6 Å². The number of aromatic nitrogens is 4. The maximum absolute atomic E-state index is 15.2. The fourth-order valence-electron chi connectivity index (χ4n) is 4.18. The fourth-order valence-corrected chi connectivity index (χ4v) is 5.38. The van der Waals surface area contributed by atoms with E-state index in [0.717, 1.165) is 11.5 Å². The second-order valence-corrected chi connectivity index (χ2v) is 10.8. The van der Waals surface area contributed by atoms with Gasteiger partial charge in [-0.1, -0.05) is 18.2 Å². The van der Waals surface area contributed by atoms with Crippen LogP contribution >= 0.6 is 0 Å². The number of carbonyl (C=O) groups excluding carboxylic acids is 1. The summed E-state index contributed by atoms with van der Waals surface area (Å²) in [6.07, 6.45) is -1.31. The van der Waals surface area contributed by atoms with Crippen molar-refractivity contribution in [2.45, 2.75) is 13.0 Å². The van der Waals surface area contributed by atoms with E-state index < -0.39 is 34.0 Å². The number of nitrogens with zero attached hydrogens (tertiary/aromatic N) is 6. The normalized spacial score (nSPS) is 15.4. The summed E-state index contributed by atoms with van der Waals surface area (Å²) in [6.45, 7) is -0.154. The van der Waals surface area contributed by atoms with Gasteiger partial charge in [-0.05, 0) is 18.2 Å². The van der Waals surface area contributed by atoms with Gasteiger partial charge in [-0.15, -0.1) is 10.2 Å². The van der Waals surface area contributed by atoms with Gasteiger partial charge in [0, 0.05) is 36.7 Å². The molecule has 2 aromatic carbocycles. The largest absolute Gasteiger partial charge is 0.415 e. The third-order valence-electron chi connectivity index (χ3n) is 6.13. The fraction of sp³-hybridized carbons (Fsp3) is 0.304. The van der Waals surface area contributed by atoms with Crippen LogP contribution in [0.5, 0.6) is 0 Å². The first kappa shape index (κ1) is 24.7. The quantitative estimate of drug-likeness (QED) is 0.385. The average Bonchev–Trinajstić information content (AvgIpc) is 3.51. The molecule has 1 aliphatic rings. The first-order valence-electron chi connectivity index (χ1n) is 11.2. The Hall–Kier alpha value is -3.94. The summed E-state index contributed by atoms with van der Waals surface area (Å²) in [5, 5.41) is 11.8. The number of hydrogen-bond acceptors (Lipinski definition) is 7. The Morgan fingerprint density at radius 2 is 1.92 bits per heavy atom. The molecule has 194 valence electrons. The van der Waals surface area contributed by atoms with Crippen LogP contribution in [0.2, 0.25) is 0 Å². The van der Waals surface area contributed by atoms with Crippen LogP contribution in [0.15, 0.2) is 47.0 Å². The standard InChI is InChI=1S/C23H21F3N6O4S/c1-30-19-15(12-27-30)3-2-4-18(19)32(23(33)31-7-9-37(34,35)10-8-31)13-16-6-5-14(11-17(16)24)21-28-29-22(36-21)20(25)26/h2-6,11-12,20H,7-10,13H2,1H3. The Labute approximate surface area is 209 Å². The van der Waals surface area contributed by atoms with Crippen molar-refractivity contribution in [1.82, 2.24) is 24.9 Å². The minimum absolute atomic E-state index is 0.0179. The van der Waals surface area contributed by atoms with Crippen LogP contribution in [0.1, 0.15) is 17.9 Å². The summed E-state index contributed by atoms with van der Waals surface area (Å²) in [5.74, 6) is -2.16. The Kier molecular flexibility index (Phi) is 6.35. The maximum Gasteiger partial charge on any atom is 0.324 e. The molecule has 2 amide bonds. The second kappa shape index (κ2) is 9.50. The summed E-state index contributed by atoms with van der Waals surface area (Å²) < 4.78 is 71.1. The Balaban J connectivity index is 1.50. The lowest BCUT2D eigenvalue weighted by Gasteiger charge is -2.33. The van der Waals surface area contributed by atoms with Crippen LogP contribution in [0.3, 0.4) is 0 Å². The molecule has 5 rings (SSSR count). The molecule has 0 saturated carbocycles. The Bertz CT molecular complexity index is 1570. The van der Waals surface area contributed by atoms with Gasteiger partial charge in [0.1, 0.15) is 5.82 Å². The number of para-hydroxylation sites is 1. The maximum atomic E-state index is 15.2. The molecule has 1 fully saturated rings. The number of halogens is 3. The molecule has 2 aromatic heterocycles. The van der Waals surface area contributed by atoms with Crippen molar-refractivity contribution in [3.63, 3.8) is 0 Å². The van der Waals surface area contributed by atoms with E-state index in [4.69, 9.17) is 4.42 Å². The molecule has 0 atom stereocenters. The topological polar surface area (TPSA) is 114 Å². The lowest BCUT2D eigenvalue weighted by molar-refractivity contribution is 0.116. The van der Waals surface area contributed by atoms with Crippen molar-refractivity contribution < 1.29 is 30.8 Å². The van der Waals surface area contributed by atoms with Crippen molar-refractivity contribution in [3.05, 3.63) is 59.9 Å². The zero-order chi connectivity index (χ0) is 26.3. The number of sulfone groups is 1. The predicted octanol–water partition coefficient (Wildman–Crippen LogP) is 3.56. The predicted molar refractivity (Wildman–Crippen MR) is 127 cm³/mol. The summed E-state index contributed by atoms with van der Waals surface area (Å²) in [7, 11) is -1.51. The van der Waals surface area contributed by atoms with Crippen molar-refractivity contribution in [1.29, 1.82) is 0 Å². The lowest BCUT2D eigenvalue weighted by Crippen LogP contribution is -2.50. The van der Waals surface area contributed by atoms with E-state index in [0.29, 0.717) is 11.2 Å². The van der Waals surface area contributed by atoms with E-state index >= 15 is 4.39 Å². The molecule has 10 nitrogen and oxygen atoms in total. The monoisotopic (exact) mass is 534 g/mol. The molecule has 37 heavy (non-hydrogen) atoms. The van der Waals surface area contributed by atoms with Crippen molar-refractivity contribution in [3.8, 4) is 11.5 Å². The summed E-state index contributed by atoms with van der Waals surface area (Å²) in [5.41, 5.74) is 1.35. The zero-order valence-corrected chi connectivity index (χ0v) is 20.3. The molecule has 0 bridgehead atoms. The average molecular weight is 535 g/mol. The smallest absolute Gasteiger partial charge is 0.324 e. The highest BCUT2D eigenvalue weighted by Crippen LogP contribution is 2.31. The van der Waals surface area contributed by atoms with Gasteiger partial charge in [-0.2, -0.15) is 13.9 Å². The van der Waals surface area contributed by atoms with Crippen LogP contribution in [0.25, 0.3) is 22.4 Å². The lowest BCUT2D eigenvalue weighted by atomic mass is 10.1. The number of benzene rings is 2. The van der Waals surface area contributed by atoms with Crippen molar-refractivity contribution in [2.24, 2.45) is 7.05 Å². The highest BCUT2D eigenvalue weighted by Gasteiger charge is 2.31. The van der Waals surface area contributed by atoms with Gasteiger partial charge in [0.2, 0.25) is 5.89 Å². The van der Waals surface area contributed by atoms with Crippen LogP contribution in [-0.4, -0.2) is 63.9 Å². The molecule has 0 N–H and O–H groups in total. The van der Waals surface area contributed by atoms with Crippen molar-refractivity contribution in [2.75, 3.05) is 29.5 Å². The molecule has 14 heteroatoms. The minimum Gasteiger partial charge on any atom is -0.415 e. The third-order valence-corrected chi connectivity index (χ3v) is 7.74. The van der Waals surface area contributed by atoms with Gasteiger partial charge in [0.05, 0.1) is 35.5 Å².